The molecule has 0 aromatic carbocycles. The normalized spacial score (nSPS) is 19.5. The zero-order chi connectivity index (χ0) is 9.52. The van der Waals surface area contributed by atoms with Gasteiger partial charge in [0.2, 0.25) is 0 Å². The second-order valence-electron chi connectivity index (χ2n) is 2.70. The minimum absolute atomic E-state index is 1.01. The summed E-state index contributed by atoms with van der Waals surface area (Å²) in [5.41, 5.74) is 0. The van der Waals surface area contributed by atoms with Gasteiger partial charge in [-0.05, 0) is 10.2 Å². The molecule has 1 fully saturated rings. The lowest BCUT2D eigenvalue weighted by Crippen LogP contribution is -2.45. The Kier molecular flexibility index (Phi) is 5.07. The number of rotatable bonds is 2. The largest absolute Gasteiger partial charge is 0.354 e. The van der Waals surface area contributed by atoms with Crippen molar-refractivity contribution in [1.29, 1.82) is 0 Å². The molecule has 1 N–H and O–H groups in total. The van der Waals surface area contributed by atoms with Crippen LogP contribution in [0.4, 0.5) is 0 Å². The maximum Gasteiger partial charge on any atom is 0.128 e. The third-order valence-electron chi connectivity index (χ3n) is 1.88. The van der Waals surface area contributed by atoms with Crippen LogP contribution in [0.2, 0.25) is 0 Å². The molecule has 0 unspecified atom stereocenters. The quantitative estimate of drug-likeness (QED) is 0.473. The fraction of sp³-hybridized carbons (Fsp3) is 0.444. The highest BCUT2D eigenvalue weighted by molar-refractivity contribution is 14.1. The molecule has 1 saturated heterocycles. The van der Waals surface area contributed by atoms with E-state index < -0.39 is 0 Å². The molecule has 0 radical (unpaired) electrons. The Labute approximate surface area is 92.7 Å². The van der Waals surface area contributed by atoms with Gasteiger partial charge in [0, 0.05) is 32.4 Å². The molecular weight excluding hydrogens is 277 g/mol. The molecule has 1 rings (SSSR count). The molecule has 1 heterocycles. The first-order valence-electron chi connectivity index (χ1n) is 4.29. The van der Waals surface area contributed by atoms with Crippen molar-refractivity contribution in [2.24, 2.45) is 4.99 Å². The van der Waals surface area contributed by atoms with Gasteiger partial charge in [0.05, 0.1) is 0 Å². The molecule has 4 heteroatoms. The van der Waals surface area contributed by atoms with Gasteiger partial charge in [0.15, 0.2) is 0 Å². The average Bonchev–Trinajstić information content (AvgIpc) is 2.19. The molecule has 1 aliphatic heterocycles. The lowest BCUT2D eigenvalue weighted by molar-refractivity contribution is 0.359. The van der Waals surface area contributed by atoms with E-state index in [9.17, 15) is 0 Å². The monoisotopic (exact) mass is 291 g/mol. The molecule has 72 valence electrons. The van der Waals surface area contributed by atoms with Gasteiger partial charge in [0.25, 0.3) is 0 Å². The van der Waals surface area contributed by atoms with Crippen molar-refractivity contribution < 1.29 is 0 Å². The summed E-state index contributed by atoms with van der Waals surface area (Å²) >= 11 is 2.20. The van der Waals surface area contributed by atoms with Crippen LogP contribution < -0.4 is 5.32 Å². The van der Waals surface area contributed by atoms with E-state index in [1.165, 1.54) is 0 Å². The predicted octanol–water partition coefficient (Wildman–Crippen LogP) is 1.38. The predicted molar refractivity (Wildman–Crippen MR) is 65.2 cm³/mol. The van der Waals surface area contributed by atoms with Crippen molar-refractivity contribution in [3.8, 4) is 0 Å². The van der Waals surface area contributed by atoms with Crippen molar-refractivity contribution in [1.82, 2.24) is 10.2 Å². The highest BCUT2D eigenvalue weighted by Crippen LogP contribution is 1.99. The summed E-state index contributed by atoms with van der Waals surface area (Å²) < 4.78 is 1.97. The van der Waals surface area contributed by atoms with E-state index in [1.54, 1.807) is 6.20 Å². The van der Waals surface area contributed by atoms with Crippen LogP contribution in [0.3, 0.4) is 0 Å². The molecule has 13 heavy (non-hydrogen) atoms. The molecule has 0 aromatic rings. The zero-order valence-corrected chi connectivity index (χ0v) is 9.70. The summed E-state index contributed by atoms with van der Waals surface area (Å²) in [5, 5.41) is 3.31. The number of hydrogen-bond donors (Lipinski definition) is 1. The topological polar surface area (TPSA) is 27.6 Å². The molecule has 0 bridgehead atoms. The number of aliphatic imine (C=N–C) groups is 1. The van der Waals surface area contributed by atoms with Gasteiger partial charge >= 0.3 is 0 Å². The summed E-state index contributed by atoms with van der Waals surface area (Å²) in [6.07, 6.45) is 3.60. The van der Waals surface area contributed by atoms with E-state index in [1.807, 2.05) is 10.2 Å². The number of hydrogen-bond acceptors (Lipinski definition) is 2. The molecule has 0 amide bonds. The fourth-order valence-electron chi connectivity index (χ4n) is 1.27. The molecular formula is C9H14IN3. The van der Waals surface area contributed by atoms with Crippen molar-refractivity contribution in [3.63, 3.8) is 0 Å². The molecule has 0 aliphatic carbocycles. The summed E-state index contributed by atoms with van der Waals surface area (Å²) in [4.78, 5) is 6.48. The first-order chi connectivity index (χ1) is 6.38. The number of piperazine rings is 1. The Morgan fingerprint density at radius 3 is 2.69 bits per heavy atom. The van der Waals surface area contributed by atoms with Gasteiger partial charge in [0.1, 0.15) is 5.84 Å². The average molecular weight is 291 g/mol. The van der Waals surface area contributed by atoms with Crippen LogP contribution in [-0.2, 0) is 0 Å². The zero-order valence-electron chi connectivity index (χ0n) is 7.54. The minimum atomic E-state index is 1.01. The summed E-state index contributed by atoms with van der Waals surface area (Å²) in [6.45, 7) is 7.72. The lowest BCUT2D eigenvalue weighted by Gasteiger charge is -2.28. The third-order valence-corrected chi connectivity index (χ3v) is 2.24. The van der Waals surface area contributed by atoms with Gasteiger partial charge in [-0.25, -0.2) is 4.99 Å². The Morgan fingerprint density at radius 2 is 2.15 bits per heavy atom. The second kappa shape index (κ2) is 6.15. The maximum atomic E-state index is 4.22. The summed E-state index contributed by atoms with van der Waals surface area (Å²) in [6, 6.07) is 0. The standard InChI is InChI=1S/C9H14IN3/c1-2-12-9(3-4-10)13-7-5-11-6-8-13/h2-4,11H,1,5-8H2/b4-3-,12-9?. The highest BCUT2D eigenvalue weighted by Gasteiger charge is 2.10. The number of nitrogens with zero attached hydrogens (tertiary/aromatic N) is 2. The SMILES string of the molecule is C=CN=C(/C=C\I)N1CCNCC1. The maximum absolute atomic E-state index is 4.22. The fourth-order valence-corrected chi connectivity index (χ4v) is 1.60. The van der Waals surface area contributed by atoms with Crippen molar-refractivity contribution in [2.75, 3.05) is 26.2 Å². The summed E-state index contributed by atoms with van der Waals surface area (Å²) in [7, 11) is 0. The van der Waals surface area contributed by atoms with E-state index in [4.69, 9.17) is 0 Å². The van der Waals surface area contributed by atoms with Crippen LogP contribution in [-0.4, -0.2) is 36.9 Å². The molecule has 0 spiro atoms. The van der Waals surface area contributed by atoms with Crippen LogP contribution in [0.25, 0.3) is 0 Å². The van der Waals surface area contributed by atoms with E-state index in [2.05, 4.69) is 44.4 Å². The third kappa shape index (κ3) is 3.48. The van der Waals surface area contributed by atoms with E-state index in [0.717, 1.165) is 32.0 Å². The highest BCUT2D eigenvalue weighted by atomic mass is 127. The van der Waals surface area contributed by atoms with Gasteiger partial charge in [-0.1, -0.05) is 29.2 Å². The van der Waals surface area contributed by atoms with Crippen LogP contribution in [0.1, 0.15) is 0 Å². The van der Waals surface area contributed by atoms with Gasteiger partial charge < -0.3 is 10.2 Å². The first-order valence-corrected chi connectivity index (χ1v) is 5.54. The Bertz CT molecular complexity index is 217. The number of amidine groups is 1. The smallest absolute Gasteiger partial charge is 0.128 e. The molecule has 1 aliphatic rings. The summed E-state index contributed by atoms with van der Waals surface area (Å²) in [5.74, 6) is 1.01. The Hall–Kier alpha value is -0.360. The van der Waals surface area contributed by atoms with Gasteiger partial charge in [-0.15, -0.1) is 0 Å². The second-order valence-corrected chi connectivity index (χ2v) is 3.42. The van der Waals surface area contributed by atoms with Crippen molar-refractivity contribution in [3.05, 3.63) is 22.9 Å². The molecule has 3 nitrogen and oxygen atoms in total. The number of halogens is 1. The van der Waals surface area contributed by atoms with Crippen LogP contribution in [0.15, 0.2) is 27.9 Å². The van der Waals surface area contributed by atoms with Gasteiger partial charge in [-0.2, -0.15) is 0 Å². The van der Waals surface area contributed by atoms with E-state index >= 15 is 0 Å². The van der Waals surface area contributed by atoms with Crippen LogP contribution in [0, 0.1) is 0 Å². The number of nitrogens with one attached hydrogen (secondary N) is 1. The molecule has 0 atom stereocenters. The van der Waals surface area contributed by atoms with Crippen LogP contribution >= 0.6 is 22.6 Å². The lowest BCUT2D eigenvalue weighted by atomic mass is 10.3. The van der Waals surface area contributed by atoms with Crippen molar-refractivity contribution in [2.45, 2.75) is 0 Å². The minimum Gasteiger partial charge on any atom is -0.354 e. The van der Waals surface area contributed by atoms with Crippen molar-refractivity contribution >= 4 is 28.4 Å². The first kappa shape index (κ1) is 10.7. The Morgan fingerprint density at radius 1 is 1.46 bits per heavy atom. The van der Waals surface area contributed by atoms with E-state index in [-0.39, 0.29) is 0 Å². The Balaban J connectivity index is 2.62. The molecule has 0 aromatic heterocycles. The molecule has 0 saturated carbocycles. The van der Waals surface area contributed by atoms with Gasteiger partial charge in [-0.3, -0.25) is 0 Å². The van der Waals surface area contributed by atoms with E-state index in [0.29, 0.717) is 0 Å². The van der Waals surface area contributed by atoms with Crippen LogP contribution in [0.5, 0.6) is 0 Å².